The maximum Gasteiger partial charge on any atom is 0.410 e. The highest BCUT2D eigenvalue weighted by Crippen LogP contribution is 2.35. The van der Waals surface area contributed by atoms with Gasteiger partial charge in [-0.15, -0.1) is 0 Å². The van der Waals surface area contributed by atoms with E-state index in [1.807, 2.05) is 52.9 Å². The Morgan fingerprint density at radius 3 is 2.16 bits per heavy atom. The van der Waals surface area contributed by atoms with E-state index in [4.69, 9.17) is 14.2 Å². The number of carbonyl (C=O) groups is 3. The van der Waals surface area contributed by atoms with E-state index >= 15 is 0 Å². The number of ether oxygens (including phenoxy) is 3. The second kappa shape index (κ2) is 15.4. The number of alkyl carbamates (subject to hydrolysis) is 1. The van der Waals surface area contributed by atoms with Gasteiger partial charge in [0.15, 0.2) is 5.82 Å². The normalized spacial score (nSPS) is 14.9. The number of aromatic nitrogens is 5. The number of fused-ring (bicyclic) bond motifs is 1. The molecule has 2 amide bonds. The van der Waals surface area contributed by atoms with Gasteiger partial charge >= 0.3 is 12.2 Å². The summed E-state index contributed by atoms with van der Waals surface area (Å²) in [5, 5.41) is 4.84. The van der Waals surface area contributed by atoms with Crippen LogP contribution in [0.25, 0.3) is 55.9 Å². The van der Waals surface area contributed by atoms with Gasteiger partial charge in [-0.2, -0.15) is 0 Å². The molecular weight excluding hydrogens is 711 g/mol. The van der Waals surface area contributed by atoms with Crippen molar-refractivity contribution in [2.75, 3.05) is 20.8 Å². The molecule has 4 heterocycles. The molecule has 3 N–H and O–H groups in total. The highest BCUT2D eigenvalue weighted by molar-refractivity contribution is 5.92. The third-order valence-corrected chi connectivity index (χ3v) is 9.95. The lowest BCUT2D eigenvalue weighted by atomic mass is 9.98. The summed E-state index contributed by atoms with van der Waals surface area (Å²) >= 11 is 0. The van der Waals surface area contributed by atoms with Crippen molar-refractivity contribution in [2.24, 2.45) is 5.92 Å². The zero-order valence-corrected chi connectivity index (χ0v) is 32.7. The first kappa shape index (κ1) is 37.9. The number of hydrogen-bond acceptors (Lipinski definition) is 8. The molecule has 0 aliphatic carbocycles. The van der Waals surface area contributed by atoms with Crippen LogP contribution in [0.5, 0.6) is 5.75 Å². The minimum atomic E-state index is -0.830. The van der Waals surface area contributed by atoms with Gasteiger partial charge in [0.1, 0.15) is 23.2 Å². The Balaban J connectivity index is 1.07. The quantitative estimate of drug-likeness (QED) is 0.132. The summed E-state index contributed by atoms with van der Waals surface area (Å²) in [6.45, 7) is 9.98. The smallest absolute Gasteiger partial charge is 0.410 e. The molecule has 1 fully saturated rings. The Bertz CT molecular complexity index is 2380. The number of H-pyrrole nitrogens is 2. The van der Waals surface area contributed by atoms with Crippen molar-refractivity contribution in [3.8, 4) is 50.9 Å². The fraction of sp³-hybridized carbons (Fsp3) is 0.326. The number of nitrogens with one attached hydrogen (secondary N) is 3. The van der Waals surface area contributed by atoms with Gasteiger partial charge < -0.3 is 29.5 Å². The Hall–Kier alpha value is -6.37. The van der Waals surface area contributed by atoms with Gasteiger partial charge in [-0.3, -0.25) is 14.3 Å². The van der Waals surface area contributed by atoms with Gasteiger partial charge in [0.2, 0.25) is 0 Å². The summed E-state index contributed by atoms with van der Waals surface area (Å²) in [7, 11) is 2.79. The molecule has 3 aromatic carbocycles. The molecule has 290 valence electrons. The number of likely N-dealkylation sites (tertiary alicyclic amines) is 1. The largest absolute Gasteiger partial charge is 0.495 e. The number of aromatic amines is 2. The zero-order chi connectivity index (χ0) is 39.7. The molecule has 7 rings (SSSR count). The molecule has 2 unspecified atom stereocenters. The predicted molar refractivity (Wildman–Crippen MR) is 214 cm³/mol. The van der Waals surface area contributed by atoms with Gasteiger partial charge in [0.05, 0.1) is 55.9 Å². The first-order valence-electron chi connectivity index (χ1n) is 18.7. The topological polar surface area (TPSA) is 156 Å². The van der Waals surface area contributed by atoms with E-state index in [2.05, 4.69) is 73.8 Å². The first-order valence-corrected chi connectivity index (χ1v) is 18.7. The molecule has 3 aromatic heterocycles. The van der Waals surface area contributed by atoms with E-state index in [1.54, 1.807) is 23.4 Å². The zero-order valence-electron chi connectivity index (χ0n) is 32.7. The Morgan fingerprint density at radius 2 is 1.48 bits per heavy atom. The monoisotopic (exact) mass is 757 g/mol. The van der Waals surface area contributed by atoms with E-state index in [9.17, 15) is 14.4 Å². The van der Waals surface area contributed by atoms with Crippen LogP contribution < -0.4 is 10.1 Å². The number of hydrogen-bond donors (Lipinski definition) is 3. The lowest BCUT2D eigenvalue weighted by Gasteiger charge is -2.27. The molecule has 1 aliphatic rings. The maximum absolute atomic E-state index is 13.7. The van der Waals surface area contributed by atoms with E-state index in [0.717, 1.165) is 63.1 Å². The van der Waals surface area contributed by atoms with Crippen molar-refractivity contribution in [2.45, 2.75) is 65.1 Å². The van der Waals surface area contributed by atoms with Crippen molar-refractivity contribution < 1.29 is 28.6 Å². The van der Waals surface area contributed by atoms with Crippen LogP contribution in [0.1, 0.15) is 64.1 Å². The average Bonchev–Trinajstić information content (AvgIpc) is 4.01. The predicted octanol–water partition coefficient (Wildman–Crippen LogP) is 8.86. The van der Waals surface area contributed by atoms with Gasteiger partial charge in [-0.25, -0.2) is 19.6 Å². The number of rotatable bonds is 9. The number of benzene rings is 3. The van der Waals surface area contributed by atoms with Crippen LogP contribution >= 0.6 is 0 Å². The van der Waals surface area contributed by atoms with Crippen LogP contribution in [-0.4, -0.2) is 79.9 Å². The highest BCUT2D eigenvalue weighted by atomic mass is 16.6. The third kappa shape index (κ3) is 7.88. The molecule has 56 heavy (non-hydrogen) atoms. The third-order valence-electron chi connectivity index (χ3n) is 9.95. The summed E-state index contributed by atoms with van der Waals surface area (Å²) in [5.74, 6) is 1.17. The molecule has 13 heteroatoms. The molecule has 0 spiro atoms. The molecule has 2 atom stereocenters. The minimum absolute atomic E-state index is 0.142. The average molecular weight is 758 g/mol. The SMILES string of the molecule is COC(=O)NC(C(=O)n1cc(OC)cc1-c1ncc(-c2ccc(-c3ccc4cc(-c5cnc(C6CCCN6C(=O)OC(C)(C)C)[nH]5)ccc4c3)cc2)[nH]1)C(C)C. The highest BCUT2D eigenvalue weighted by Gasteiger charge is 2.35. The molecular formula is C43H47N7O6. The summed E-state index contributed by atoms with van der Waals surface area (Å²) in [6, 6.07) is 21.7. The fourth-order valence-corrected chi connectivity index (χ4v) is 7.04. The number of nitrogens with zero attached hydrogens (tertiary/aromatic N) is 4. The summed E-state index contributed by atoms with van der Waals surface area (Å²) in [5.41, 5.74) is 5.70. The minimum Gasteiger partial charge on any atom is -0.495 e. The first-order chi connectivity index (χ1) is 26.8. The summed E-state index contributed by atoms with van der Waals surface area (Å²) in [4.78, 5) is 56.4. The van der Waals surface area contributed by atoms with Gasteiger partial charge in [0.25, 0.3) is 5.91 Å². The summed E-state index contributed by atoms with van der Waals surface area (Å²) in [6.07, 6.45) is 5.89. The van der Waals surface area contributed by atoms with E-state index in [1.165, 1.54) is 18.8 Å². The fourth-order valence-electron chi connectivity index (χ4n) is 7.04. The Morgan fingerprint density at radius 1 is 0.839 bits per heavy atom. The number of carbonyl (C=O) groups excluding carboxylic acids is 3. The van der Waals surface area contributed by atoms with Crippen LogP contribution in [0.15, 0.2) is 85.3 Å². The molecule has 13 nitrogen and oxygen atoms in total. The molecule has 6 aromatic rings. The number of amides is 2. The van der Waals surface area contributed by atoms with Crippen LogP contribution in [0.2, 0.25) is 0 Å². The number of methoxy groups -OCH3 is 2. The van der Waals surface area contributed by atoms with Crippen LogP contribution in [-0.2, 0) is 9.47 Å². The van der Waals surface area contributed by atoms with E-state index in [-0.39, 0.29) is 24.0 Å². The van der Waals surface area contributed by atoms with Crippen LogP contribution in [0.3, 0.4) is 0 Å². The second-order valence-corrected chi connectivity index (χ2v) is 15.3. The molecule has 0 bridgehead atoms. The maximum atomic E-state index is 13.7. The Labute approximate surface area is 325 Å². The molecule has 0 radical (unpaired) electrons. The lowest BCUT2D eigenvalue weighted by molar-refractivity contribution is 0.0218. The molecule has 1 saturated heterocycles. The van der Waals surface area contributed by atoms with Crippen molar-refractivity contribution >= 4 is 28.9 Å². The standard InChI is InChI=1S/C43H47N7O6/c1-25(2)37(48-41(52)55-7)40(51)50-24-32(54-6)21-36(50)39-45-22-33(46-39)27-12-10-26(11-13-27)28-14-15-30-20-31(17-16-29(30)19-28)34-23-44-38(47-34)35-9-8-18-49(35)42(53)56-43(3,4)5/h10-17,19-25,35,37H,8-9,18H2,1-7H3,(H,44,47)(H,45,46)(H,48,52). The van der Waals surface area contributed by atoms with Crippen molar-refractivity contribution in [1.29, 1.82) is 0 Å². The second-order valence-electron chi connectivity index (χ2n) is 15.3. The van der Waals surface area contributed by atoms with E-state index < -0.39 is 17.7 Å². The number of imidazole rings is 2. The molecule has 0 saturated carbocycles. The van der Waals surface area contributed by atoms with Crippen molar-refractivity contribution in [3.05, 3.63) is 91.1 Å². The van der Waals surface area contributed by atoms with Crippen molar-refractivity contribution in [1.82, 2.24) is 34.7 Å². The lowest BCUT2D eigenvalue weighted by Crippen LogP contribution is -2.46. The van der Waals surface area contributed by atoms with Gasteiger partial charge in [-0.05, 0) is 79.1 Å². The Kier molecular flexibility index (Phi) is 10.4. The van der Waals surface area contributed by atoms with Crippen molar-refractivity contribution in [3.63, 3.8) is 0 Å². The molecule has 1 aliphatic heterocycles. The van der Waals surface area contributed by atoms with Gasteiger partial charge in [-0.1, -0.05) is 62.4 Å². The summed E-state index contributed by atoms with van der Waals surface area (Å²) < 4.78 is 17.3. The van der Waals surface area contributed by atoms with Crippen LogP contribution in [0.4, 0.5) is 9.59 Å². The van der Waals surface area contributed by atoms with Gasteiger partial charge in [0, 0.05) is 18.2 Å². The van der Waals surface area contributed by atoms with E-state index in [0.29, 0.717) is 23.8 Å². The van der Waals surface area contributed by atoms with Crippen LogP contribution in [0, 0.1) is 5.92 Å².